The lowest BCUT2D eigenvalue weighted by atomic mass is 9.64. The van der Waals surface area contributed by atoms with E-state index in [0.29, 0.717) is 17.9 Å². The number of hydrogen-bond donors (Lipinski definition) is 3. The van der Waals surface area contributed by atoms with Gasteiger partial charge in [0.05, 0.1) is 11.3 Å². The molecule has 0 spiro atoms. The van der Waals surface area contributed by atoms with Gasteiger partial charge >= 0.3 is 0 Å². The van der Waals surface area contributed by atoms with E-state index in [-0.39, 0.29) is 0 Å². The van der Waals surface area contributed by atoms with Crippen LogP contribution in [0.15, 0.2) is 21.1 Å². The number of nitrogens with one attached hydrogen (secondary N) is 1. The van der Waals surface area contributed by atoms with Crippen LogP contribution in [0.2, 0.25) is 0 Å². The number of rotatable bonds is 3. The van der Waals surface area contributed by atoms with Crippen LogP contribution >= 0.6 is 31.9 Å². The number of halogens is 2. The van der Waals surface area contributed by atoms with Crippen molar-refractivity contribution in [1.29, 1.82) is 0 Å². The van der Waals surface area contributed by atoms with Crippen molar-refractivity contribution in [2.45, 2.75) is 57.2 Å². The van der Waals surface area contributed by atoms with E-state index in [4.69, 9.17) is 5.73 Å². The molecule has 2 bridgehead atoms. The lowest BCUT2D eigenvalue weighted by Gasteiger charge is -2.46. The van der Waals surface area contributed by atoms with Gasteiger partial charge < -0.3 is 16.2 Å². The first kappa shape index (κ1) is 16.7. The average molecular weight is 432 g/mol. The van der Waals surface area contributed by atoms with Crippen LogP contribution in [-0.4, -0.2) is 16.7 Å². The summed E-state index contributed by atoms with van der Waals surface area (Å²) in [5, 5.41) is 14.1. The third-order valence-electron chi connectivity index (χ3n) is 5.26. The van der Waals surface area contributed by atoms with E-state index in [1.807, 2.05) is 13.0 Å². The summed E-state index contributed by atoms with van der Waals surface area (Å²) in [5.41, 5.74) is 7.60. The molecule has 1 aromatic carbocycles. The smallest absolute Gasteiger partial charge is 0.0625 e. The van der Waals surface area contributed by atoms with Gasteiger partial charge in [-0.25, -0.2) is 0 Å². The van der Waals surface area contributed by atoms with Gasteiger partial charge in [-0.2, -0.15) is 0 Å². The first-order valence-electron chi connectivity index (χ1n) is 8.03. The highest BCUT2D eigenvalue weighted by Gasteiger charge is 2.41. The second-order valence-electron chi connectivity index (χ2n) is 7.29. The zero-order valence-electron chi connectivity index (χ0n) is 12.9. The van der Waals surface area contributed by atoms with Gasteiger partial charge in [-0.15, -0.1) is 0 Å². The quantitative estimate of drug-likeness (QED) is 0.628. The first-order valence-corrected chi connectivity index (χ1v) is 9.62. The maximum atomic E-state index is 10.4. The number of fused-ring (bicyclic) bond motifs is 2. The molecule has 2 aliphatic rings. The molecule has 2 saturated carbocycles. The minimum absolute atomic E-state index is 0.480. The number of benzene rings is 1. The highest BCUT2D eigenvalue weighted by molar-refractivity contribution is 9.11. The van der Waals surface area contributed by atoms with E-state index in [1.54, 1.807) is 0 Å². The normalized spacial score (nSPS) is 34.6. The molecular weight excluding hydrogens is 408 g/mol. The van der Waals surface area contributed by atoms with E-state index in [0.717, 1.165) is 39.6 Å². The van der Waals surface area contributed by atoms with Gasteiger partial charge in [0, 0.05) is 21.5 Å². The van der Waals surface area contributed by atoms with E-state index in [1.165, 1.54) is 19.3 Å². The lowest BCUT2D eigenvalue weighted by molar-refractivity contribution is -0.0466. The van der Waals surface area contributed by atoms with Gasteiger partial charge in [-0.05, 0) is 84.5 Å². The monoisotopic (exact) mass is 430 g/mol. The fourth-order valence-electron chi connectivity index (χ4n) is 4.34. The Morgan fingerprint density at radius 3 is 2.86 bits per heavy atom. The van der Waals surface area contributed by atoms with Crippen LogP contribution in [-0.2, 0) is 6.54 Å². The van der Waals surface area contributed by atoms with Crippen LogP contribution in [0, 0.1) is 11.8 Å². The van der Waals surface area contributed by atoms with Crippen molar-refractivity contribution in [1.82, 2.24) is 5.32 Å². The molecule has 1 aromatic rings. The summed E-state index contributed by atoms with van der Waals surface area (Å²) >= 11 is 7.03. The largest absolute Gasteiger partial charge is 0.398 e. The third kappa shape index (κ3) is 3.69. The summed E-state index contributed by atoms with van der Waals surface area (Å²) in [6, 6.07) is 4.54. The van der Waals surface area contributed by atoms with Gasteiger partial charge in [0.15, 0.2) is 0 Å². The molecule has 0 amide bonds. The van der Waals surface area contributed by atoms with Crippen LogP contribution < -0.4 is 11.1 Å². The molecule has 3 nitrogen and oxygen atoms in total. The Morgan fingerprint density at radius 1 is 1.32 bits per heavy atom. The summed E-state index contributed by atoms with van der Waals surface area (Å²) in [6.45, 7) is 2.77. The molecule has 4 N–H and O–H groups in total. The summed E-state index contributed by atoms with van der Waals surface area (Å²) in [5.74, 6) is 1.29. The van der Waals surface area contributed by atoms with Gasteiger partial charge in [-0.3, -0.25) is 0 Å². The van der Waals surface area contributed by atoms with E-state index in [2.05, 4.69) is 43.2 Å². The van der Waals surface area contributed by atoms with Crippen molar-refractivity contribution < 1.29 is 5.11 Å². The molecule has 2 aliphatic carbocycles. The second-order valence-corrected chi connectivity index (χ2v) is 9.06. The van der Waals surface area contributed by atoms with Gasteiger partial charge in [-0.1, -0.05) is 15.9 Å². The van der Waals surface area contributed by atoms with Crippen LogP contribution in [0.1, 0.15) is 44.6 Å². The molecule has 22 heavy (non-hydrogen) atoms. The molecule has 122 valence electrons. The van der Waals surface area contributed by atoms with Gasteiger partial charge in [0.1, 0.15) is 0 Å². The second kappa shape index (κ2) is 6.42. The molecule has 0 radical (unpaired) electrons. The molecule has 4 unspecified atom stereocenters. The van der Waals surface area contributed by atoms with Crippen molar-refractivity contribution >= 4 is 37.5 Å². The highest BCUT2D eigenvalue weighted by Crippen LogP contribution is 2.44. The van der Waals surface area contributed by atoms with Gasteiger partial charge in [0.2, 0.25) is 0 Å². The molecule has 0 saturated heterocycles. The molecule has 2 fully saturated rings. The average Bonchev–Trinajstić information content (AvgIpc) is 2.41. The maximum absolute atomic E-state index is 10.4. The summed E-state index contributed by atoms with van der Waals surface area (Å²) in [6.07, 6.45) is 5.58. The predicted octanol–water partition coefficient (Wildman–Crippen LogP) is 4.21. The van der Waals surface area contributed by atoms with Crippen molar-refractivity contribution in [3.63, 3.8) is 0 Å². The number of hydrogen-bond acceptors (Lipinski definition) is 3. The summed E-state index contributed by atoms with van der Waals surface area (Å²) in [7, 11) is 0. The molecule has 0 aromatic heterocycles. The Kier molecular flexibility index (Phi) is 4.89. The predicted molar refractivity (Wildman–Crippen MR) is 97.6 cm³/mol. The molecule has 5 heteroatoms. The van der Waals surface area contributed by atoms with Crippen LogP contribution in [0.25, 0.3) is 0 Å². The fourth-order valence-corrected chi connectivity index (χ4v) is 5.65. The number of nitrogens with two attached hydrogens (primary N) is 1. The van der Waals surface area contributed by atoms with Crippen LogP contribution in [0.4, 0.5) is 5.69 Å². The molecular formula is C17H24Br2N2O. The van der Waals surface area contributed by atoms with E-state index < -0.39 is 5.60 Å². The first-order chi connectivity index (χ1) is 10.3. The summed E-state index contributed by atoms with van der Waals surface area (Å²) < 4.78 is 1.97. The molecule has 0 aliphatic heterocycles. The lowest BCUT2D eigenvalue weighted by Crippen LogP contribution is -2.48. The van der Waals surface area contributed by atoms with Crippen molar-refractivity contribution in [3.05, 3.63) is 26.6 Å². The Labute approximate surface area is 149 Å². The topological polar surface area (TPSA) is 58.3 Å². The third-order valence-corrected chi connectivity index (χ3v) is 6.37. The van der Waals surface area contributed by atoms with E-state index >= 15 is 0 Å². The van der Waals surface area contributed by atoms with Crippen molar-refractivity contribution in [3.8, 4) is 0 Å². The van der Waals surface area contributed by atoms with Crippen molar-refractivity contribution in [2.24, 2.45) is 11.8 Å². The van der Waals surface area contributed by atoms with E-state index in [9.17, 15) is 5.11 Å². The zero-order chi connectivity index (χ0) is 15.9. The SMILES string of the molecule is CC1(O)CC2CCC(NCc3cc(Br)cc(Br)c3N)C(C2)C1. The molecule has 3 rings (SSSR count). The zero-order valence-corrected chi connectivity index (χ0v) is 16.1. The Morgan fingerprint density at radius 2 is 2.09 bits per heavy atom. The minimum Gasteiger partial charge on any atom is -0.398 e. The highest BCUT2D eigenvalue weighted by atomic mass is 79.9. The number of aliphatic hydroxyl groups is 1. The fraction of sp³-hybridized carbons (Fsp3) is 0.647. The van der Waals surface area contributed by atoms with Crippen LogP contribution in [0.3, 0.4) is 0 Å². The number of anilines is 1. The minimum atomic E-state index is -0.480. The molecule has 4 atom stereocenters. The molecule has 0 heterocycles. The Balaban J connectivity index is 1.67. The Hall–Kier alpha value is -0.100. The summed E-state index contributed by atoms with van der Waals surface area (Å²) in [4.78, 5) is 0. The maximum Gasteiger partial charge on any atom is 0.0625 e. The standard InChI is InChI=1S/C17H24Br2N2O/c1-17(22)7-10-2-3-15(11(4-10)8-17)21-9-12-5-13(18)6-14(19)16(12)20/h5-6,10-11,15,21-22H,2-4,7-9,20H2,1H3. The number of nitrogen functional groups attached to an aromatic ring is 1. The van der Waals surface area contributed by atoms with Gasteiger partial charge in [0.25, 0.3) is 0 Å². The Bertz CT molecular complexity index is 562. The van der Waals surface area contributed by atoms with Crippen LogP contribution in [0.5, 0.6) is 0 Å². The van der Waals surface area contributed by atoms with Crippen molar-refractivity contribution in [2.75, 3.05) is 5.73 Å².